The van der Waals surface area contributed by atoms with Gasteiger partial charge in [-0.25, -0.2) is 0 Å². The summed E-state index contributed by atoms with van der Waals surface area (Å²) < 4.78 is 0. The fourth-order valence-electron chi connectivity index (χ4n) is 4.23. The van der Waals surface area contributed by atoms with Crippen molar-refractivity contribution in [2.45, 2.75) is 70.8 Å². The molecule has 3 rings (SSSR count). The number of nitrogens with two attached hydrogens (primary N) is 1. The van der Waals surface area contributed by atoms with Crippen LogP contribution in [0.25, 0.3) is 0 Å². The topological polar surface area (TPSA) is 46.3 Å². The molecule has 1 saturated carbocycles. The smallest absolute Gasteiger partial charge is 0.233 e. The van der Waals surface area contributed by atoms with Gasteiger partial charge >= 0.3 is 0 Å². The molecule has 2 fully saturated rings. The highest BCUT2D eigenvalue weighted by atomic mass is 16.2. The van der Waals surface area contributed by atoms with Crippen LogP contribution in [0.1, 0.15) is 65.2 Å². The van der Waals surface area contributed by atoms with Gasteiger partial charge in [0.15, 0.2) is 0 Å². The Bertz CT molecular complexity index is 505. The van der Waals surface area contributed by atoms with E-state index in [-0.39, 0.29) is 11.0 Å². The second-order valence-corrected chi connectivity index (χ2v) is 7.67. The van der Waals surface area contributed by atoms with Crippen LogP contribution in [-0.4, -0.2) is 22.9 Å². The van der Waals surface area contributed by atoms with Crippen LogP contribution >= 0.6 is 0 Å². The minimum atomic E-state index is -0.120. The second-order valence-electron chi connectivity index (χ2n) is 7.67. The summed E-state index contributed by atoms with van der Waals surface area (Å²) in [4.78, 5) is 15.1. The molecule has 0 aromatic carbocycles. The van der Waals surface area contributed by atoms with Crippen LogP contribution in [0.2, 0.25) is 0 Å². The van der Waals surface area contributed by atoms with Crippen LogP contribution in [0, 0.1) is 5.41 Å². The Balaban J connectivity index is 1.81. The number of amides is 1. The summed E-state index contributed by atoms with van der Waals surface area (Å²) in [5.74, 6) is 0.363. The maximum atomic E-state index is 13.1. The summed E-state index contributed by atoms with van der Waals surface area (Å²) in [5.41, 5.74) is 9.76. The fourth-order valence-corrected chi connectivity index (χ4v) is 4.23. The third-order valence-corrected chi connectivity index (χ3v) is 6.04. The number of carbonyl (C=O) groups is 1. The van der Waals surface area contributed by atoms with E-state index in [1.165, 1.54) is 16.8 Å². The van der Waals surface area contributed by atoms with Gasteiger partial charge in [-0.2, -0.15) is 0 Å². The van der Waals surface area contributed by atoms with E-state index in [0.29, 0.717) is 5.91 Å². The predicted molar refractivity (Wildman–Crippen MR) is 85.5 cm³/mol. The monoisotopic (exact) mass is 288 g/mol. The van der Waals surface area contributed by atoms with Crippen molar-refractivity contribution in [2.24, 2.45) is 11.1 Å². The first-order valence-electron chi connectivity index (χ1n) is 8.33. The Labute approximate surface area is 128 Å². The summed E-state index contributed by atoms with van der Waals surface area (Å²) in [5, 5.41) is 0. The molecule has 1 spiro atoms. The van der Waals surface area contributed by atoms with Gasteiger partial charge in [0.1, 0.15) is 0 Å². The molecule has 1 aliphatic heterocycles. The van der Waals surface area contributed by atoms with Crippen molar-refractivity contribution in [3.8, 4) is 0 Å². The van der Waals surface area contributed by atoms with Crippen molar-refractivity contribution >= 4 is 5.91 Å². The average molecular weight is 288 g/mol. The van der Waals surface area contributed by atoms with Crippen LogP contribution < -0.4 is 5.73 Å². The van der Waals surface area contributed by atoms with Gasteiger partial charge in [-0.05, 0) is 70.8 Å². The quantitative estimate of drug-likeness (QED) is 0.802. The summed E-state index contributed by atoms with van der Waals surface area (Å²) in [6.07, 6.45) is 8.10. The fraction of sp³-hybridized carbons (Fsp3) is 0.722. The van der Waals surface area contributed by atoms with E-state index in [1.807, 2.05) is 0 Å². The lowest BCUT2D eigenvalue weighted by atomic mass is 9.67. The molecule has 1 heterocycles. The van der Waals surface area contributed by atoms with Gasteiger partial charge < -0.3 is 10.6 Å². The molecule has 0 unspecified atom stereocenters. The number of nitrogens with zero attached hydrogens (tertiary/aromatic N) is 1. The highest BCUT2D eigenvalue weighted by molar-refractivity contribution is 5.87. The lowest BCUT2D eigenvalue weighted by Gasteiger charge is -2.40. The maximum Gasteiger partial charge on any atom is 0.233 e. The zero-order chi connectivity index (χ0) is 15.3. The largest absolute Gasteiger partial charge is 0.325 e. The van der Waals surface area contributed by atoms with Gasteiger partial charge in [0.2, 0.25) is 5.91 Å². The van der Waals surface area contributed by atoms with Crippen molar-refractivity contribution in [1.29, 1.82) is 0 Å². The van der Waals surface area contributed by atoms with E-state index in [4.69, 9.17) is 5.73 Å². The van der Waals surface area contributed by atoms with Gasteiger partial charge in [0, 0.05) is 17.8 Å². The molecule has 3 aliphatic rings. The molecule has 3 nitrogen and oxygen atoms in total. The Morgan fingerprint density at radius 2 is 1.81 bits per heavy atom. The number of likely N-dealkylation sites (tertiary alicyclic amines) is 1. The molecule has 2 N–H and O–H groups in total. The number of rotatable bonds is 1. The van der Waals surface area contributed by atoms with E-state index in [0.717, 1.165) is 57.9 Å². The summed E-state index contributed by atoms with van der Waals surface area (Å²) >= 11 is 0. The molecular formula is C18H28N2O. The molecule has 0 aromatic heterocycles. The van der Waals surface area contributed by atoms with Gasteiger partial charge in [0.05, 0.1) is 5.41 Å². The normalized spacial score (nSPS) is 37.8. The van der Waals surface area contributed by atoms with Crippen molar-refractivity contribution in [3.63, 3.8) is 0 Å². The summed E-state index contributed by atoms with van der Waals surface area (Å²) in [6.45, 7) is 9.29. The minimum absolute atomic E-state index is 0.0761. The molecule has 0 aromatic rings. The van der Waals surface area contributed by atoms with Crippen molar-refractivity contribution < 1.29 is 4.79 Å². The van der Waals surface area contributed by atoms with Crippen molar-refractivity contribution in [3.05, 3.63) is 23.4 Å². The molecule has 3 heteroatoms. The lowest BCUT2D eigenvalue weighted by Crippen LogP contribution is -2.46. The average Bonchev–Trinajstić information content (AvgIpc) is 2.75. The van der Waals surface area contributed by atoms with E-state index < -0.39 is 0 Å². The second kappa shape index (κ2) is 4.98. The number of carbonyl (C=O) groups excluding carboxylic acids is 1. The molecule has 0 radical (unpaired) electrons. The Kier molecular flexibility index (Phi) is 3.52. The summed E-state index contributed by atoms with van der Waals surface area (Å²) in [7, 11) is 0. The number of hydrogen-bond acceptors (Lipinski definition) is 2. The lowest BCUT2D eigenvalue weighted by molar-refractivity contribution is -0.136. The zero-order valence-electron chi connectivity index (χ0n) is 13.5. The summed E-state index contributed by atoms with van der Waals surface area (Å²) in [6, 6.07) is 0. The van der Waals surface area contributed by atoms with Crippen LogP contribution in [0.4, 0.5) is 0 Å². The van der Waals surface area contributed by atoms with Crippen LogP contribution in [0.5, 0.6) is 0 Å². The zero-order valence-corrected chi connectivity index (χ0v) is 13.5. The minimum Gasteiger partial charge on any atom is -0.325 e. The third-order valence-electron chi connectivity index (χ3n) is 6.04. The molecule has 0 atom stereocenters. The molecule has 0 bridgehead atoms. The maximum absolute atomic E-state index is 13.1. The van der Waals surface area contributed by atoms with Gasteiger partial charge in [-0.15, -0.1) is 0 Å². The molecule has 1 amide bonds. The van der Waals surface area contributed by atoms with E-state index in [9.17, 15) is 4.79 Å². The third kappa shape index (κ3) is 2.46. The molecular weight excluding hydrogens is 260 g/mol. The SMILES string of the molecule is C=C1CCCC(N2CC[C@]3(CC[C@@](C)(N)CC3)C2=O)=C1C. The van der Waals surface area contributed by atoms with Gasteiger partial charge in [-0.1, -0.05) is 12.2 Å². The van der Waals surface area contributed by atoms with E-state index >= 15 is 0 Å². The Morgan fingerprint density at radius 1 is 1.14 bits per heavy atom. The first-order valence-corrected chi connectivity index (χ1v) is 8.33. The van der Waals surface area contributed by atoms with E-state index in [2.05, 4.69) is 25.3 Å². The van der Waals surface area contributed by atoms with Crippen molar-refractivity contribution in [1.82, 2.24) is 4.90 Å². The van der Waals surface area contributed by atoms with Crippen molar-refractivity contribution in [2.75, 3.05) is 6.54 Å². The Hall–Kier alpha value is -1.09. The Morgan fingerprint density at radius 3 is 2.48 bits per heavy atom. The van der Waals surface area contributed by atoms with Gasteiger partial charge in [0.25, 0.3) is 0 Å². The molecule has 21 heavy (non-hydrogen) atoms. The molecule has 1 saturated heterocycles. The van der Waals surface area contributed by atoms with E-state index in [1.54, 1.807) is 0 Å². The number of hydrogen-bond donors (Lipinski definition) is 1. The highest BCUT2D eigenvalue weighted by Gasteiger charge is 2.50. The van der Waals surface area contributed by atoms with Crippen LogP contribution in [0.3, 0.4) is 0 Å². The van der Waals surface area contributed by atoms with Crippen LogP contribution in [0.15, 0.2) is 23.4 Å². The van der Waals surface area contributed by atoms with Gasteiger partial charge in [-0.3, -0.25) is 4.79 Å². The highest BCUT2D eigenvalue weighted by Crippen LogP contribution is 2.48. The van der Waals surface area contributed by atoms with Crippen LogP contribution in [-0.2, 0) is 4.79 Å². The first-order chi connectivity index (χ1) is 9.85. The molecule has 116 valence electrons. The number of allylic oxidation sites excluding steroid dienone is 3. The molecule has 2 aliphatic carbocycles. The standard InChI is InChI=1S/C18H28N2O/c1-13-5-4-6-15(14(13)2)20-12-11-18(16(20)21)9-7-17(3,19)8-10-18/h1,4-12,19H2,2-3H3/t17-,18-. The first kappa shape index (κ1) is 14.8. The predicted octanol–water partition coefficient (Wildman–Crippen LogP) is 3.51.